The first kappa shape index (κ1) is 11.4. The molecular weight excluding hydrogens is 254 g/mol. The number of sulfone groups is 1. The van der Waals surface area contributed by atoms with Gasteiger partial charge in [0.15, 0.2) is 21.3 Å². The molecule has 0 aliphatic carbocycles. The van der Waals surface area contributed by atoms with Gasteiger partial charge in [-0.1, -0.05) is 0 Å². The van der Waals surface area contributed by atoms with Crippen LogP contribution < -0.4 is 5.32 Å². The number of nitrogens with one attached hydrogen (secondary N) is 2. The van der Waals surface area contributed by atoms with Crippen LogP contribution in [-0.2, 0) is 9.84 Å². The average molecular weight is 267 g/mol. The van der Waals surface area contributed by atoms with Gasteiger partial charge < -0.3 is 10.3 Å². The summed E-state index contributed by atoms with van der Waals surface area (Å²) in [7, 11) is -2.92. The lowest BCUT2D eigenvalue weighted by Gasteiger charge is -2.23. The number of rotatable bonds is 2. The SMILES string of the molecule is O=S1(=O)CCCC(Nc2ncnc3nc[nH]c23)C1. The van der Waals surface area contributed by atoms with Crippen molar-refractivity contribution in [3.63, 3.8) is 0 Å². The van der Waals surface area contributed by atoms with Crippen molar-refractivity contribution in [3.05, 3.63) is 12.7 Å². The normalized spacial score (nSPS) is 23.0. The molecule has 1 unspecified atom stereocenters. The van der Waals surface area contributed by atoms with E-state index in [1.165, 1.54) is 6.33 Å². The molecule has 1 aliphatic rings. The first-order valence-corrected chi connectivity index (χ1v) is 7.57. The van der Waals surface area contributed by atoms with Gasteiger partial charge in [0.1, 0.15) is 11.8 Å². The zero-order valence-electron chi connectivity index (χ0n) is 9.63. The number of H-pyrrole nitrogens is 1. The van der Waals surface area contributed by atoms with Crippen LogP contribution >= 0.6 is 0 Å². The molecular formula is C10H13N5O2S. The monoisotopic (exact) mass is 267 g/mol. The number of fused-ring (bicyclic) bond motifs is 1. The Labute approximate surface area is 104 Å². The number of hydrogen-bond donors (Lipinski definition) is 2. The van der Waals surface area contributed by atoms with Gasteiger partial charge in [0.2, 0.25) is 0 Å². The van der Waals surface area contributed by atoms with Gasteiger partial charge in [0.05, 0.1) is 17.8 Å². The summed E-state index contributed by atoms with van der Waals surface area (Å²) in [6.45, 7) is 0. The lowest BCUT2D eigenvalue weighted by atomic mass is 10.2. The van der Waals surface area contributed by atoms with Crippen molar-refractivity contribution in [3.8, 4) is 0 Å². The summed E-state index contributed by atoms with van der Waals surface area (Å²) in [6, 6.07) is -0.0925. The van der Waals surface area contributed by atoms with E-state index in [-0.39, 0.29) is 17.5 Å². The van der Waals surface area contributed by atoms with Crippen LogP contribution in [0.5, 0.6) is 0 Å². The van der Waals surface area contributed by atoms with Gasteiger partial charge in [0, 0.05) is 6.04 Å². The van der Waals surface area contributed by atoms with Crippen molar-refractivity contribution in [2.45, 2.75) is 18.9 Å². The minimum Gasteiger partial charge on any atom is -0.364 e. The maximum atomic E-state index is 11.6. The lowest BCUT2D eigenvalue weighted by Crippen LogP contribution is -2.35. The van der Waals surface area contributed by atoms with E-state index in [2.05, 4.69) is 25.3 Å². The van der Waals surface area contributed by atoms with Crippen LogP contribution in [0.15, 0.2) is 12.7 Å². The van der Waals surface area contributed by atoms with Gasteiger partial charge in [-0.25, -0.2) is 23.4 Å². The van der Waals surface area contributed by atoms with E-state index >= 15 is 0 Å². The third-order valence-corrected chi connectivity index (χ3v) is 4.85. The number of hydrogen-bond acceptors (Lipinski definition) is 6. The average Bonchev–Trinajstić information content (AvgIpc) is 2.77. The minimum atomic E-state index is -2.92. The summed E-state index contributed by atoms with van der Waals surface area (Å²) in [5.74, 6) is 1.06. The van der Waals surface area contributed by atoms with E-state index in [1.54, 1.807) is 6.33 Å². The van der Waals surface area contributed by atoms with Crippen LogP contribution in [-0.4, -0.2) is 45.9 Å². The summed E-state index contributed by atoms with van der Waals surface area (Å²) in [4.78, 5) is 15.1. The van der Waals surface area contributed by atoms with E-state index in [4.69, 9.17) is 0 Å². The van der Waals surface area contributed by atoms with Gasteiger partial charge >= 0.3 is 0 Å². The highest BCUT2D eigenvalue weighted by molar-refractivity contribution is 7.91. The van der Waals surface area contributed by atoms with Crippen LogP contribution in [0.3, 0.4) is 0 Å². The van der Waals surface area contributed by atoms with Crippen LogP contribution in [0.1, 0.15) is 12.8 Å². The van der Waals surface area contributed by atoms with Crippen molar-refractivity contribution in [1.82, 2.24) is 19.9 Å². The van der Waals surface area contributed by atoms with Crippen molar-refractivity contribution in [1.29, 1.82) is 0 Å². The molecule has 0 bridgehead atoms. The molecule has 3 rings (SSSR count). The standard InChI is InChI=1S/C10H13N5O2S/c16-18(17)3-1-2-7(4-18)15-10-8-9(12-5-11-8)13-6-14-10/h5-7H,1-4H2,(H2,11,12,13,14,15). The van der Waals surface area contributed by atoms with Crippen LogP contribution in [0, 0.1) is 0 Å². The van der Waals surface area contributed by atoms with E-state index in [1.807, 2.05) is 0 Å². The Bertz CT molecular complexity index is 666. The predicted molar refractivity (Wildman–Crippen MR) is 67.0 cm³/mol. The molecule has 1 saturated heterocycles. The van der Waals surface area contributed by atoms with E-state index in [9.17, 15) is 8.42 Å². The molecule has 0 saturated carbocycles. The van der Waals surface area contributed by atoms with Gasteiger partial charge in [-0.05, 0) is 12.8 Å². The minimum absolute atomic E-state index is 0.0925. The van der Waals surface area contributed by atoms with Crippen LogP contribution in [0.4, 0.5) is 5.82 Å². The second-order valence-electron chi connectivity index (χ2n) is 4.42. The number of aromatic nitrogens is 4. The molecule has 0 amide bonds. The van der Waals surface area contributed by atoms with Crippen LogP contribution in [0.2, 0.25) is 0 Å². The molecule has 0 radical (unpaired) electrons. The maximum absolute atomic E-state index is 11.6. The Balaban J connectivity index is 1.86. The van der Waals surface area contributed by atoms with Gasteiger partial charge in [-0.3, -0.25) is 0 Å². The Morgan fingerprint density at radius 1 is 1.33 bits per heavy atom. The molecule has 1 aliphatic heterocycles. The number of nitrogens with zero attached hydrogens (tertiary/aromatic N) is 3. The summed E-state index contributed by atoms with van der Waals surface area (Å²) in [6.07, 6.45) is 4.49. The summed E-state index contributed by atoms with van der Waals surface area (Å²) < 4.78 is 23.1. The highest BCUT2D eigenvalue weighted by Gasteiger charge is 2.25. The molecule has 96 valence electrons. The van der Waals surface area contributed by atoms with E-state index < -0.39 is 9.84 Å². The number of imidazole rings is 1. The Hall–Kier alpha value is -1.70. The molecule has 3 heterocycles. The second kappa shape index (κ2) is 4.20. The predicted octanol–water partition coefficient (Wildman–Crippen LogP) is 0.342. The quantitative estimate of drug-likeness (QED) is 0.814. The van der Waals surface area contributed by atoms with E-state index in [0.29, 0.717) is 23.4 Å². The Kier molecular flexibility index (Phi) is 2.66. The molecule has 0 aromatic carbocycles. The molecule has 0 spiro atoms. The molecule has 1 atom stereocenters. The third-order valence-electron chi connectivity index (χ3n) is 3.03. The largest absolute Gasteiger partial charge is 0.364 e. The smallest absolute Gasteiger partial charge is 0.182 e. The summed E-state index contributed by atoms with van der Waals surface area (Å²) in [5.41, 5.74) is 1.28. The Morgan fingerprint density at radius 2 is 2.22 bits per heavy atom. The van der Waals surface area contributed by atoms with E-state index in [0.717, 1.165) is 6.42 Å². The fourth-order valence-corrected chi connectivity index (χ4v) is 3.84. The van der Waals surface area contributed by atoms with Crippen molar-refractivity contribution < 1.29 is 8.42 Å². The van der Waals surface area contributed by atoms with Gasteiger partial charge in [-0.15, -0.1) is 0 Å². The van der Waals surface area contributed by atoms with Crippen molar-refractivity contribution >= 4 is 26.8 Å². The fraction of sp³-hybridized carbons (Fsp3) is 0.500. The first-order valence-electron chi connectivity index (χ1n) is 5.75. The summed E-state index contributed by atoms with van der Waals surface area (Å²) in [5, 5.41) is 3.16. The molecule has 8 heteroatoms. The van der Waals surface area contributed by atoms with Gasteiger partial charge in [0.25, 0.3) is 0 Å². The fourth-order valence-electron chi connectivity index (χ4n) is 2.20. The molecule has 1 fully saturated rings. The van der Waals surface area contributed by atoms with Crippen molar-refractivity contribution in [2.24, 2.45) is 0 Å². The highest BCUT2D eigenvalue weighted by atomic mass is 32.2. The summed E-state index contributed by atoms with van der Waals surface area (Å²) >= 11 is 0. The molecule has 2 aromatic rings. The third kappa shape index (κ3) is 2.15. The first-order chi connectivity index (χ1) is 8.64. The molecule has 18 heavy (non-hydrogen) atoms. The lowest BCUT2D eigenvalue weighted by molar-refractivity contribution is 0.561. The van der Waals surface area contributed by atoms with Gasteiger partial charge in [-0.2, -0.15) is 0 Å². The topological polar surface area (TPSA) is 101 Å². The molecule has 7 nitrogen and oxygen atoms in total. The number of anilines is 1. The maximum Gasteiger partial charge on any atom is 0.182 e. The number of aromatic amines is 1. The van der Waals surface area contributed by atoms with Crippen LogP contribution in [0.25, 0.3) is 11.2 Å². The second-order valence-corrected chi connectivity index (χ2v) is 6.65. The molecule has 2 aromatic heterocycles. The Morgan fingerprint density at radius 3 is 3.06 bits per heavy atom. The van der Waals surface area contributed by atoms with Crippen molar-refractivity contribution in [2.75, 3.05) is 16.8 Å². The highest BCUT2D eigenvalue weighted by Crippen LogP contribution is 2.20. The zero-order chi connectivity index (χ0) is 12.6. The zero-order valence-corrected chi connectivity index (χ0v) is 10.4. The molecule has 2 N–H and O–H groups in total.